The van der Waals surface area contributed by atoms with Gasteiger partial charge in [-0.05, 0) is 12.8 Å². The number of aliphatic hydroxyl groups is 1. The van der Waals surface area contributed by atoms with Crippen molar-refractivity contribution in [3.05, 3.63) is 17.6 Å². The number of nitrogens with two attached hydrogens (primary N) is 1. The lowest BCUT2D eigenvalue weighted by atomic mass is 10.1. The van der Waals surface area contributed by atoms with Gasteiger partial charge in [0.2, 0.25) is 0 Å². The first-order valence-corrected chi connectivity index (χ1v) is 5.55. The van der Waals surface area contributed by atoms with Gasteiger partial charge >= 0.3 is 0 Å². The Balaban J connectivity index is 2.36. The van der Waals surface area contributed by atoms with E-state index in [2.05, 4.69) is 9.97 Å². The molecule has 1 atom stereocenters. The highest BCUT2D eigenvalue weighted by atomic mass is 16.3. The lowest BCUT2D eigenvalue weighted by molar-refractivity contribution is 0.186. The van der Waals surface area contributed by atoms with Crippen molar-refractivity contribution in [2.24, 2.45) is 5.73 Å². The van der Waals surface area contributed by atoms with Gasteiger partial charge in [-0.3, -0.25) is 0 Å². The van der Waals surface area contributed by atoms with E-state index >= 15 is 0 Å². The Morgan fingerprint density at radius 3 is 2.75 bits per heavy atom. The van der Waals surface area contributed by atoms with Gasteiger partial charge in [0.1, 0.15) is 11.6 Å². The average Bonchev–Trinajstić information content (AvgIpc) is 3.11. The van der Waals surface area contributed by atoms with Gasteiger partial charge in [-0.1, -0.05) is 0 Å². The summed E-state index contributed by atoms with van der Waals surface area (Å²) in [6.07, 6.45) is 3.36. The largest absolute Gasteiger partial charge is 0.387 e. The molecule has 5 heteroatoms. The van der Waals surface area contributed by atoms with Crippen molar-refractivity contribution in [2.45, 2.75) is 24.9 Å². The SMILES string of the molecule is CN(C)c1nc(C2CC2)ncc1C(O)CN. The zero-order chi connectivity index (χ0) is 11.7. The Kier molecular flexibility index (Phi) is 3.07. The summed E-state index contributed by atoms with van der Waals surface area (Å²) in [5.41, 5.74) is 6.16. The highest BCUT2D eigenvalue weighted by Gasteiger charge is 2.28. The molecular formula is C11H18N4O. The zero-order valence-corrected chi connectivity index (χ0v) is 9.72. The van der Waals surface area contributed by atoms with Crippen molar-refractivity contribution in [2.75, 3.05) is 25.5 Å². The van der Waals surface area contributed by atoms with Gasteiger partial charge in [0.25, 0.3) is 0 Å². The van der Waals surface area contributed by atoms with E-state index in [1.165, 1.54) is 12.8 Å². The fourth-order valence-electron chi connectivity index (χ4n) is 1.65. The Bertz CT molecular complexity index is 376. The monoisotopic (exact) mass is 222 g/mol. The quantitative estimate of drug-likeness (QED) is 0.772. The summed E-state index contributed by atoms with van der Waals surface area (Å²) in [4.78, 5) is 10.7. The van der Waals surface area contributed by atoms with E-state index in [1.807, 2.05) is 19.0 Å². The second kappa shape index (κ2) is 4.35. The van der Waals surface area contributed by atoms with Gasteiger partial charge in [0.15, 0.2) is 0 Å². The number of nitrogens with zero attached hydrogens (tertiary/aromatic N) is 3. The molecule has 0 spiro atoms. The van der Waals surface area contributed by atoms with Crippen LogP contribution in [0.2, 0.25) is 0 Å². The number of aromatic nitrogens is 2. The van der Waals surface area contributed by atoms with E-state index in [4.69, 9.17) is 5.73 Å². The van der Waals surface area contributed by atoms with Crippen molar-refractivity contribution < 1.29 is 5.11 Å². The summed E-state index contributed by atoms with van der Waals surface area (Å²) in [6, 6.07) is 0. The fourth-order valence-corrected chi connectivity index (χ4v) is 1.65. The first-order chi connectivity index (χ1) is 7.63. The van der Waals surface area contributed by atoms with Crippen LogP contribution in [-0.2, 0) is 0 Å². The van der Waals surface area contributed by atoms with Gasteiger partial charge in [0, 0.05) is 38.3 Å². The van der Waals surface area contributed by atoms with Gasteiger partial charge in [0.05, 0.1) is 6.10 Å². The fraction of sp³-hybridized carbons (Fsp3) is 0.636. The van der Waals surface area contributed by atoms with Crippen LogP contribution in [0.4, 0.5) is 5.82 Å². The second-order valence-electron chi connectivity index (χ2n) is 4.43. The summed E-state index contributed by atoms with van der Waals surface area (Å²) in [5, 5.41) is 9.77. The maximum Gasteiger partial charge on any atom is 0.137 e. The Morgan fingerprint density at radius 1 is 1.56 bits per heavy atom. The van der Waals surface area contributed by atoms with Crippen LogP contribution in [0.1, 0.15) is 36.3 Å². The van der Waals surface area contributed by atoms with Gasteiger partial charge < -0.3 is 15.7 Å². The van der Waals surface area contributed by atoms with Crippen molar-refractivity contribution >= 4 is 5.82 Å². The summed E-state index contributed by atoms with van der Waals surface area (Å²) in [5.74, 6) is 2.18. The molecule has 88 valence electrons. The summed E-state index contributed by atoms with van der Waals surface area (Å²) >= 11 is 0. The van der Waals surface area contributed by atoms with Crippen LogP contribution in [0.5, 0.6) is 0 Å². The molecule has 5 nitrogen and oxygen atoms in total. The average molecular weight is 222 g/mol. The minimum atomic E-state index is -0.689. The van der Waals surface area contributed by atoms with Crippen molar-refractivity contribution in [1.82, 2.24) is 9.97 Å². The zero-order valence-electron chi connectivity index (χ0n) is 9.72. The van der Waals surface area contributed by atoms with E-state index in [9.17, 15) is 5.11 Å². The molecule has 16 heavy (non-hydrogen) atoms. The Morgan fingerprint density at radius 2 is 2.25 bits per heavy atom. The normalized spacial score (nSPS) is 17.2. The second-order valence-corrected chi connectivity index (χ2v) is 4.43. The minimum absolute atomic E-state index is 0.187. The Labute approximate surface area is 95.3 Å². The van der Waals surface area contributed by atoms with Crippen LogP contribution in [0.3, 0.4) is 0 Å². The number of anilines is 1. The predicted molar refractivity (Wildman–Crippen MR) is 62.3 cm³/mol. The molecule has 0 aliphatic heterocycles. The summed E-state index contributed by atoms with van der Waals surface area (Å²) in [7, 11) is 3.82. The molecule has 0 radical (unpaired) electrons. The highest BCUT2D eigenvalue weighted by molar-refractivity contribution is 5.46. The van der Waals surface area contributed by atoms with Crippen molar-refractivity contribution in [1.29, 1.82) is 0 Å². The smallest absolute Gasteiger partial charge is 0.137 e. The lowest BCUT2D eigenvalue weighted by Crippen LogP contribution is -2.20. The minimum Gasteiger partial charge on any atom is -0.387 e. The van der Waals surface area contributed by atoms with Crippen LogP contribution in [-0.4, -0.2) is 35.7 Å². The van der Waals surface area contributed by atoms with Crippen LogP contribution >= 0.6 is 0 Å². The highest BCUT2D eigenvalue weighted by Crippen LogP contribution is 2.39. The standard InChI is InChI=1S/C11H18N4O/c1-15(2)11-8(9(16)5-12)6-13-10(14-11)7-3-4-7/h6-7,9,16H,3-5,12H2,1-2H3. The first-order valence-electron chi connectivity index (χ1n) is 5.55. The molecule has 1 heterocycles. The first kappa shape index (κ1) is 11.3. The molecule has 1 aliphatic carbocycles. The third-order valence-corrected chi connectivity index (χ3v) is 2.76. The number of aliphatic hydroxyl groups excluding tert-OH is 1. The maximum absolute atomic E-state index is 9.77. The molecule has 0 saturated heterocycles. The van der Waals surface area contributed by atoms with E-state index < -0.39 is 6.10 Å². The van der Waals surface area contributed by atoms with Crippen molar-refractivity contribution in [3.63, 3.8) is 0 Å². The lowest BCUT2D eigenvalue weighted by Gasteiger charge is -2.19. The van der Waals surface area contributed by atoms with E-state index in [0.29, 0.717) is 11.5 Å². The molecule has 0 aromatic carbocycles. The topological polar surface area (TPSA) is 75.3 Å². The molecule has 1 aromatic heterocycles. The molecule has 1 saturated carbocycles. The van der Waals surface area contributed by atoms with Crippen molar-refractivity contribution in [3.8, 4) is 0 Å². The molecule has 1 aromatic rings. The van der Waals surface area contributed by atoms with Gasteiger partial charge in [-0.25, -0.2) is 9.97 Å². The van der Waals surface area contributed by atoms with Gasteiger partial charge in [-0.15, -0.1) is 0 Å². The molecule has 1 aliphatic rings. The van der Waals surface area contributed by atoms with Crippen LogP contribution in [0.25, 0.3) is 0 Å². The van der Waals surface area contributed by atoms with E-state index in [-0.39, 0.29) is 6.54 Å². The maximum atomic E-state index is 9.77. The number of hydrogen-bond acceptors (Lipinski definition) is 5. The third kappa shape index (κ3) is 2.15. The molecule has 0 amide bonds. The van der Waals surface area contributed by atoms with Crippen LogP contribution in [0.15, 0.2) is 6.20 Å². The predicted octanol–water partition coefficient (Wildman–Crippen LogP) is 0.412. The van der Waals surface area contributed by atoms with Crippen LogP contribution < -0.4 is 10.6 Å². The molecule has 1 unspecified atom stereocenters. The molecule has 0 bridgehead atoms. The molecule has 3 N–H and O–H groups in total. The van der Waals surface area contributed by atoms with Gasteiger partial charge in [-0.2, -0.15) is 0 Å². The molecule has 2 rings (SSSR count). The molecule has 1 fully saturated rings. The number of hydrogen-bond donors (Lipinski definition) is 2. The number of rotatable bonds is 4. The van der Waals surface area contributed by atoms with E-state index in [0.717, 1.165) is 11.6 Å². The summed E-state index contributed by atoms with van der Waals surface area (Å²) < 4.78 is 0. The molecular weight excluding hydrogens is 204 g/mol. The van der Waals surface area contributed by atoms with E-state index in [1.54, 1.807) is 6.20 Å². The third-order valence-electron chi connectivity index (χ3n) is 2.76. The Hall–Kier alpha value is -1.20. The summed E-state index contributed by atoms with van der Waals surface area (Å²) in [6.45, 7) is 0.187. The van der Waals surface area contributed by atoms with Crippen LogP contribution in [0, 0.1) is 0 Å².